The van der Waals surface area contributed by atoms with Crippen LogP contribution in [-0.2, 0) is 9.53 Å². The van der Waals surface area contributed by atoms with Crippen molar-refractivity contribution < 1.29 is 9.53 Å². The zero-order valence-corrected chi connectivity index (χ0v) is 12.9. The molecule has 4 heteroatoms. The molecule has 1 fully saturated rings. The molecule has 4 nitrogen and oxygen atoms in total. The van der Waals surface area contributed by atoms with Crippen LogP contribution in [0.4, 0.5) is 0 Å². The summed E-state index contributed by atoms with van der Waals surface area (Å²) in [6.45, 7) is 14.2. The maximum absolute atomic E-state index is 11.8. The first-order valence-electron chi connectivity index (χ1n) is 7.76. The topological polar surface area (TPSA) is 32.8 Å². The molecule has 0 amide bonds. The molecule has 1 rings (SSSR count). The standard InChI is InChI=1S/C15H30N2O2/c1-4-16(5-2)9-7-10-17(6-3)12-14-13-19-11-8-15(14)18/h14H,4-13H2,1-3H3. The predicted molar refractivity (Wildman–Crippen MR) is 78.5 cm³/mol. The molecule has 1 saturated heterocycles. The summed E-state index contributed by atoms with van der Waals surface area (Å²) in [5.74, 6) is 0.482. The number of Topliss-reactive ketones (excluding diaryl/α,β-unsaturated/α-hetero) is 1. The lowest BCUT2D eigenvalue weighted by Gasteiger charge is -2.28. The van der Waals surface area contributed by atoms with Crippen molar-refractivity contribution >= 4 is 5.78 Å². The van der Waals surface area contributed by atoms with Crippen LogP contribution in [0.25, 0.3) is 0 Å². The van der Waals surface area contributed by atoms with Crippen molar-refractivity contribution in [3.63, 3.8) is 0 Å². The van der Waals surface area contributed by atoms with E-state index in [0.29, 0.717) is 25.4 Å². The van der Waals surface area contributed by atoms with Crippen molar-refractivity contribution in [2.24, 2.45) is 5.92 Å². The average Bonchev–Trinajstić information content (AvgIpc) is 2.44. The highest BCUT2D eigenvalue weighted by Gasteiger charge is 2.24. The molecular formula is C15H30N2O2. The van der Waals surface area contributed by atoms with Crippen molar-refractivity contribution in [2.45, 2.75) is 33.6 Å². The van der Waals surface area contributed by atoms with Crippen LogP contribution in [0.15, 0.2) is 0 Å². The molecule has 0 spiro atoms. The third-order valence-electron chi connectivity index (χ3n) is 4.04. The minimum absolute atomic E-state index is 0.0992. The normalized spacial score (nSPS) is 20.5. The quantitative estimate of drug-likeness (QED) is 0.638. The van der Waals surface area contributed by atoms with Gasteiger partial charge >= 0.3 is 0 Å². The summed E-state index contributed by atoms with van der Waals surface area (Å²) in [6.07, 6.45) is 1.78. The Morgan fingerprint density at radius 1 is 1.11 bits per heavy atom. The summed E-state index contributed by atoms with van der Waals surface area (Å²) in [7, 11) is 0. The van der Waals surface area contributed by atoms with Crippen LogP contribution in [0.3, 0.4) is 0 Å². The first-order valence-corrected chi connectivity index (χ1v) is 7.76. The maximum atomic E-state index is 11.8. The average molecular weight is 270 g/mol. The minimum Gasteiger partial charge on any atom is -0.380 e. The van der Waals surface area contributed by atoms with Gasteiger partial charge in [-0.3, -0.25) is 4.79 Å². The van der Waals surface area contributed by atoms with E-state index in [1.807, 2.05) is 0 Å². The summed E-state index contributed by atoms with van der Waals surface area (Å²) in [4.78, 5) is 16.6. The van der Waals surface area contributed by atoms with Crippen LogP contribution >= 0.6 is 0 Å². The Hall–Kier alpha value is -0.450. The van der Waals surface area contributed by atoms with Gasteiger partial charge in [-0.15, -0.1) is 0 Å². The fraction of sp³-hybridized carbons (Fsp3) is 0.933. The lowest BCUT2D eigenvalue weighted by Crippen LogP contribution is -2.39. The van der Waals surface area contributed by atoms with Gasteiger partial charge in [0.05, 0.1) is 19.1 Å². The molecule has 1 aliphatic heterocycles. The largest absolute Gasteiger partial charge is 0.380 e. The Morgan fingerprint density at radius 2 is 1.74 bits per heavy atom. The summed E-state index contributed by atoms with van der Waals surface area (Å²) in [6, 6.07) is 0. The van der Waals surface area contributed by atoms with Crippen molar-refractivity contribution in [1.82, 2.24) is 9.80 Å². The maximum Gasteiger partial charge on any atom is 0.141 e. The molecule has 1 aliphatic rings. The van der Waals surface area contributed by atoms with E-state index in [2.05, 4.69) is 30.6 Å². The number of carbonyl (C=O) groups excluding carboxylic acids is 1. The number of nitrogens with zero attached hydrogens (tertiary/aromatic N) is 2. The fourth-order valence-corrected chi connectivity index (χ4v) is 2.60. The Bertz CT molecular complexity index is 255. The van der Waals surface area contributed by atoms with Gasteiger partial charge in [-0.2, -0.15) is 0 Å². The van der Waals surface area contributed by atoms with E-state index < -0.39 is 0 Å². The van der Waals surface area contributed by atoms with Crippen LogP contribution in [0, 0.1) is 5.92 Å². The second-order valence-corrected chi connectivity index (χ2v) is 5.26. The lowest BCUT2D eigenvalue weighted by molar-refractivity contribution is -0.131. The van der Waals surface area contributed by atoms with E-state index >= 15 is 0 Å². The minimum atomic E-state index is 0.0992. The van der Waals surface area contributed by atoms with Gasteiger partial charge in [-0.25, -0.2) is 0 Å². The van der Waals surface area contributed by atoms with Gasteiger partial charge in [-0.1, -0.05) is 20.8 Å². The van der Waals surface area contributed by atoms with Crippen LogP contribution in [0.2, 0.25) is 0 Å². The van der Waals surface area contributed by atoms with Crippen LogP contribution in [0.5, 0.6) is 0 Å². The van der Waals surface area contributed by atoms with E-state index in [-0.39, 0.29) is 5.92 Å². The Balaban J connectivity index is 2.26. The molecule has 0 aromatic carbocycles. The first-order chi connectivity index (χ1) is 9.21. The molecule has 19 heavy (non-hydrogen) atoms. The zero-order valence-electron chi connectivity index (χ0n) is 12.9. The molecule has 0 bridgehead atoms. The summed E-state index contributed by atoms with van der Waals surface area (Å²) < 4.78 is 5.42. The SMILES string of the molecule is CCN(CC)CCCN(CC)CC1COCCC1=O. The number of hydrogen-bond donors (Lipinski definition) is 0. The third-order valence-corrected chi connectivity index (χ3v) is 4.04. The number of ketones is 1. The van der Waals surface area contributed by atoms with E-state index in [1.54, 1.807) is 0 Å². The summed E-state index contributed by atoms with van der Waals surface area (Å²) in [5, 5.41) is 0. The summed E-state index contributed by atoms with van der Waals surface area (Å²) in [5.41, 5.74) is 0. The highest BCUT2D eigenvalue weighted by molar-refractivity contribution is 5.82. The predicted octanol–water partition coefficient (Wildman–Crippen LogP) is 1.65. The molecule has 1 unspecified atom stereocenters. The van der Waals surface area contributed by atoms with Crippen molar-refractivity contribution in [2.75, 3.05) is 52.5 Å². The molecule has 0 aromatic rings. The van der Waals surface area contributed by atoms with Gasteiger partial charge in [0.25, 0.3) is 0 Å². The number of hydrogen-bond acceptors (Lipinski definition) is 4. The van der Waals surface area contributed by atoms with E-state index in [1.165, 1.54) is 6.42 Å². The first kappa shape index (κ1) is 16.6. The highest BCUT2D eigenvalue weighted by atomic mass is 16.5. The Kier molecular flexibility index (Phi) is 8.26. The number of rotatable bonds is 9. The highest BCUT2D eigenvalue weighted by Crippen LogP contribution is 2.12. The van der Waals surface area contributed by atoms with Gasteiger partial charge < -0.3 is 14.5 Å². The number of ether oxygens (including phenoxy) is 1. The molecule has 112 valence electrons. The number of carbonyl (C=O) groups is 1. The summed E-state index contributed by atoms with van der Waals surface area (Å²) >= 11 is 0. The molecule has 0 radical (unpaired) electrons. The smallest absolute Gasteiger partial charge is 0.141 e. The molecule has 0 N–H and O–H groups in total. The molecule has 0 saturated carbocycles. The van der Waals surface area contributed by atoms with Crippen LogP contribution in [-0.4, -0.2) is 68.1 Å². The van der Waals surface area contributed by atoms with Gasteiger partial charge in [-0.05, 0) is 39.1 Å². The van der Waals surface area contributed by atoms with Crippen molar-refractivity contribution in [1.29, 1.82) is 0 Å². The fourth-order valence-electron chi connectivity index (χ4n) is 2.60. The third kappa shape index (κ3) is 6.02. The van der Waals surface area contributed by atoms with Crippen molar-refractivity contribution in [3.8, 4) is 0 Å². The lowest BCUT2D eigenvalue weighted by atomic mass is 10.00. The van der Waals surface area contributed by atoms with E-state index in [0.717, 1.165) is 39.3 Å². The second kappa shape index (κ2) is 9.45. The van der Waals surface area contributed by atoms with E-state index in [9.17, 15) is 4.79 Å². The van der Waals surface area contributed by atoms with Crippen LogP contribution < -0.4 is 0 Å². The molecule has 0 aromatic heterocycles. The zero-order chi connectivity index (χ0) is 14.1. The second-order valence-electron chi connectivity index (χ2n) is 5.26. The van der Waals surface area contributed by atoms with Gasteiger partial charge in [0, 0.05) is 13.0 Å². The van der Waals surface area contributed by atoms with Gasteiger partial charge in [0.2, 0.25) is 0 Å². The Morgan fingerprint density at radius 3 is 2.32 bits per heavy atom. The molecule has 1 heterocycles. The Labute approximate surface area is 118 Å². The monoisotopic (exact) mass is 270 g/mol. The molecule has 1 atom stereocenters. The van der Waals surface area contributed by atoms with Gasteiger partial charge in [0.15, 0.2) is 0 Å². The van der Waals surface area contributed by atoms with E-state index in [4.69, 9.17) is 4.74 Å². The van der Waals surface area contributed by atoms with Gasteiger partial charge in [0.1, 0.15) is 5.78 Å². The van der Waals surface area contributed by atoms with Crippen LogP contribution in [0.1, 0.15) is 33.6 Å². The molecule has 0 aliphatic carbocycles. The molecular weight excluding hydrogens is 240 g/mol. The van der Waals surface area contributed by atoms with Crippen molar-refractivity contribution in [3.05, 3.63) is 0 Å².